The van der Waals surface area contributed by atoms with Crippen molar-refractivity contribution < 1.29 is 18.3 Å². The summed E-state index contributed by atoms with van der Waals surface area (Å²) < 4.78 is 37.7. The first-order valence-electron chi connectivity index (χ1n) is 4.17. The molecule has 0 saturated carbocycles. The molecule has 0 aliphatic carbocycles. The van der Waals surface area contributed by atoms with E-state index in [0.717, 1.165) is 22.6 Å². The Hall–Kier alpha value is -2.05. The zero-order valence-corrected chi connectivity index (χ0v) is 7.69. The summed E-state index contributed by atoms with van der Waals surface area (Å²) in [5.74, 6) is -0.523. The van der Waals surface area contributed by atoms with E-state index in [9.17, 15) is 18.0 Å². The number of aromatic nitrogens is 2. The van der Waals surface area contributed by atoms with E-state index in [1.807, 2.05) is 0 Å². The molecule has 0 aromatic carbocycles. The summed E-state index contributed by atoms with van der Waals surface area (Å²) in [6.45, 7) is 0. The van der Waals surface area contributed by atoms with Gasteiger partial charge < -0.3 is 5.11 Å². The Labute approximate surface area is 86.6 Å². The van der Waals surface area contributed by atoms with Crippen molar-refractivity contribution in [2.45, 2.75) is 6.18 Å². The molecule has 0 bridgehead atoms. The maximum atomic E-state index is 12.3. The van der Waals surface area contributed by atoms with Gasteiger partial charge in [0.05, 0.1) is 11.6 Å². The number of rotatable bonds is 0. The van der Waals surface area contributed by atoms with E-state index < -0.39 is 23.2 Å². The Balaban J connectivity index is 2.77. The lowest BCUT2D eigenvalue weighted by atomic mass is 10.3. The Morgan fingerprint density at radius 3 is 2.62 bits per heavy atom. The maximum absolute atomic E-state index is 12.3. The first-order valence-corrected chi connectivity index (χ1v) is 4.17. The van der Waals surface area contributed by atoms with Crippen molar-refractivity contribution >= 4 is 5.65 Å². The smallest absolute Gasteiger partial charge is 0.417 e. The third kappa shape index (κ3) is 1.71. The highest BCUT2D eigenvalue weighted by Gasteiger charge is 2.30. The molecular formula is C9H5F3N2O2. The van der Waals surface area contributed by atoms with Crippen molar-refractivity contribution in [3.8, 4) is 5.88 Å². The summed E-state index contributed by atoms with van der Waals surface area (Å²) in [4.78, 5) is 14.8. The summed E-state index contributed by atoms with van der Waals surface area (Å²) in [5, 5.41) is 8.99. The second kappa shape index (κ2) is 3.22. The molecule has 4 nitrogen and oxygen atoms in total. The molecule has 2 aromatic heterocycles. The fourth-order valence-electron chi connectivity index (χ4n) is 1.26. The molecule has 0 aliphatic rings. The first-order chi connectivity index (χ1) is 7.38. The normalized spacial score (nSPS) is 11.9. The molecule has 7 heteroatoms. The number of nitrogens with zero attached hydrogens (tertiary/aromatic N) is 2. The van der Waals surface area contributed by atoms with Crippen LogP contribution in [0.4, 0.5) is 13.2 Å². The fraction of sp³-hybridized carbons (Fsp3) is 0.111. The monoisotopic (exact) mass is 230 g/mol. The van der Waals surface area contributed by atoms with Crippen LogP contribution in [-0.2, 0) is 6.18 Å². The van der Waals surface area contributed by atoms with Gasteiger partial charge in [0.15, 0.2) is 0 Å². The van der Waals surface area contributed by atoms with Crippen LogP contribution >= 0.6 is 0 Å². The minimum atomic E-state index is -4.52. The van der Waals surface area contributed by atoms with E-state index >= 15 is 0 Å². The molecule has 2 rings (SSSR count). The van der Waals surface area contributed by atoms with Gasteiger partial charge in [0, 0.05) is 6.20 Å². The van der Waals surface area contributed by atoms with Crippen LogP contribution in [0.1, 0.15) is 5.56 Å². The highest BCUT2D eigenvalue weighted by molar-refractivity contribution is 5.41. The fourth-order valence-corrected chi connectivity index (χ4v) is 1.26. The highest BCUT2D eigenvalue weighted by atomic mass is 19.4. The molecule has 0 spiro atoms. The molecular weight excluding hydrogens is 225 g/mol. The number of fused-ring (bicyclic) bond motifs is 1. The number of hydrogen-bond acceptors (Lipinski definition) is 3. The highest BCUT2D eigenvalue weighted by Crippen LogP contribution is 2.28. The zero-order valence-electron chi connectivity index (χ0n) is 7.69. The number of hydrogen-bond donors (Lipinski definition) is 1. The largest absolute Gasteiger partial charge is 0.493 e. The second-order valence-electron chi connectivity index (χ2n) is 3.10. The second-order valence-corrected chi connectivity index (χ2v) is 3.10. The van der Waals surface area contributed by atoms with E-state index in [1.54, 1.807) is 0 Å². The van der Waals surface area contributed by atoms with Gasteiger partial charge in [-0.3, -0.25) is 9.20 Å². The van der Waals surface area contributed by atoms with Crippen LogP contribution in [0.2, 0.25) is 0 Å². The molecule has 0 aliphatic heterocycles. The molecule has 0 saturated heterocycles. The summed E-state index contributed by atoms with van der Waals surface area (Å²) in [7, 11) is 0. The van der Waals surface area contributed by atoms with Crippen molar-refractivity contribution in [3.05, 3.63) is 40.3 Å². The lowest BCUT2D eigenvalue weighted by molar-refractivity contribution is -0.137. The van der Waals surface area contributed by atoms with Crippen molar-refractivity contribution in [3.63, 3.8) is 0 Å². The lowest BCUT2D eigenvalue weighted by Crippen LogP contribution is -2.16. The quantitative estimate of drug-likeness (QED) is 0.744. The topological polar surface area (TPSA) is 54.6 Å². The lowest BCUT2D eigenvalue weighted by Gasteiger charge is -2.07. The van der Waals surface area contributed by atoms with Gasteiger partial charge >= 0.3 is 6.18 Å². The summed E-state index contributed by atoms with van der Waals surface area (Å²) in [6.07, 6.45) is -3.88. The van der Waals surface area contributed by atoms with Gasteiger partial charge in [-0.15, -0.1) is 0 Å². The maximum Gasteiger partial charge on any atom is 0.417 e. The van der Waals surface area contributed by atoms with Crippen LogP contribution in [0, 0.1) is 0 Å². The van der Waals surface area contributed by atoms with E-state index in [1.165, 1.54) is 0 Å². The predicted octanol–water partition coefficient (Wildman–Crippen LogP) is 1.42. The summed E-state index contributed by atoms with van der Waals surface area (Å²) in [6, 6.07) is 2.55. The van der Waals surface area contributed by atoms with Gasteiger partial charge in [-0.1, -0.05) is 0 Å². The van der Waals surface area contributed by atoms with E-state index in [2.05, 4.69) is 4.98 Å². The van der Waals surface area contributed by atoms with Crippen LogP contribution in [0.5, 0.6) is 5.88 Å². The van der Waals surface area contributed by atoms with Crippen LogP contribution in [0.25, 0.3) is 5.65 Å². The summed E-state index contributed by atoms with van der Waals surface area (Å²) >= 11 is 0. The molecule has 1 N–H and O–H groups in total. The molecule has 0 fully saturated rings. The van der Waals surface area contributed by atoms with Gasteiger partial charge in [0.25, 0.3) is 5.56 Å². The Kier molecular flexibility index (Phi) is 2.11. The standard InChI is InChI=1S/C9H5F3N2O2/c10-9(11,12)5-1-2-6-13-7(15)3-8(16)14(6)4-5/h1-4,15H. The van der Waals surface area contributed by atoms with Crippen molar-refractivity contribution in [1.29, 1.82) is 0 Å². The molecule has 2 heterocycles. The molecule has 0 amide bonds. The van der Waals surface area contributed by atoms with E-state index in [0.29, 0.717) is 6.20 Å². The van der Waals surface area contributed by atoms with Crippen molar-refractivity contribution in [2.75, 3.05) is 0 Å². The third-order valence-electron chi connectivity index (χ3n) is 1.97. The molecule has 2 aromatic rings. The van der Waals surface area contributed by atoms with Crippen LogP contribution < -0.4 is 5.56 Å². The molecule has 0 unspecified atom stereocenters. The minimum Gasteiger partial charge on any atom is -0.493 e. The predicted molar refractivity (Wildman–Crippen MR) is 48.1 cm³/mol. The van der Waals surface area contributed by atoms with Gasteiger partial charge in [0.2, 0.25) is 5.88 Å². The average molecular weight is 230 g/mol. The van der Waals surface area contributed by atoms with E-state index in [-0.39, 0.29) is 5.65 Å². The average Bonchev–Trinajstić information content (AvgIpc) is 2.15. The van der Waals surface area contributed by atoms with Crippen LogP contribution in [0.15, 0.2) is 29.2 Å². The Morgan fingerprint density at radius 1 is 1.31 bits per heavy atom. The third-order valence-corrected chi connectivity index (χ3v) is 1.97. The van der Waals surface area contributed by atoms with Crippen molar-refractivity contribution in [1.82, 2.24) is 9.38 Å². The van der Waals surface area contributed by atoms with Crippen LogP contribution in [-0.4, -0.2) is 14.5 Å². The van der Waals surface area contributed by atoms with Crippen molar-refractivity contribution in [2.24, 2.45) is 0 Å². The van der Waals surface area contributed by atoms with Gasteiger partial charge in [-0.2, -0.15) is 18.2 Å². The number of pyridine rings is 1. The zero-order chi connectivity index (χ0) is 11.9. The number of alkyl halides is 3. The van der Waals surface area contributed by atoms with Gasteiger partial charge in [-0.25, -0.2) is 0 Å². The SMILES string of the molecule is O=c1cc(O)nc2ccc(C(F)(F)F)cn12. The van der Waals surface area contributed by atoms with Gasteiger partial charge in [0.1, 0.15) is 5.65 Å². The Bertz CT molecular complexity index is 604. The molecule has 84 valence electrons. The minimum absolute atomic E-state index is 0.0435. The van der Waals surface area contributed by atoms with Gasteiger partial charge in [-0.05, 0) is 12.1 Å². The number of aromatic hydroxyl groups is 1. The summed E-state index contributed by atoms with van der Waals surface area (Å²) in [5.41, 5.74) is -1.76. The number of halogens is 3. The Morgan fingerprint density at radius 2 is 2.00 bits per heavy atom. The molecule has 16 heavy (non-hydrogen) atoms. The molecule has 0 radical (unpaired) electrons. The first kappa shape index (κ1) is 10.5. The van der Waals surface area contributed by atoms with E-state index in [4.69, 9.17) is 5.11 Å². The van der Waals surface area contributed by atoms with Crippen LogP contribution in [0.3, 0.4) is 0 Å². The molecule has 0 atom stereocenters.